The summed E-state index contributed by atoms with van der Waals surface area (Å²) in [5.74, 6) is 0.753. The summed E-state index contributed by atoms with van der Waals surface area (Å²) < 4.78 is 0. The van der Waals surface area contributed by atoms with Crippen molar-refractivity contribution in [2.24, 2.45) is 4.99 Å². The number of nitro benzene ring substituents is 1. The Labute approximate surface area is 149 Å². The van der Waals surface area contributed by atoms with Gasteiger partial charge in [0.15, 0.2) is 5.96 Å². The van der Waals surface area contributed by atoms with Crippen LogP contribution in [0.1, 0.15) is 39.7 Å². The van der Waals surface area contributed by atoms with Gasteiger partial charge in [-0.15, -0.1) is 24.0 Å². The fourth-order valence-electron chi connectivity index (χ4n) is 1.63. The minimum atomic E-state index is -0.400. The van der Waals surface area contributed by atoms with Crippen LogP contribution in [0.5, 0.6) is 0 Å². The Hall–Kier alpha value is -1.38. The number of nitro groups is 1. The molecule has 124 valence electrons. The third-order valence-electron chi connectivity index (χ3n) is 2.60. The molecule has 0 heterocycles. The number of nitrogens with one attached hydrogen (secondary N) is 2. The Balaban J connectivity index is 0.00000441. The van der Waals surface area contributed by atoms with E-state index in [0.29, 0.717) is 6.54 Å². The maximum absolute atomic E-state index is 10.6. The van der Waals surface area contributed by atoms with E-state index in [1.165, 1.54) is 12.1 Å². The highest BCUT2D eigenvalue weighted by Gasteiger charge is 2.11. The molecule has 0 saturated carbocycles. The highest BCUT2D eigenvalue weighted by Crippen LogP contribution is 2.12. The van der Waals surface area contributed by atoms with Crippen LogP contribution in [0.15, 0.2) is 29.3 Å². The number of halogens is 1. The summed E-state index contributed by atoms with van der Waals surface area (Å²) in [5, 5.41) is 17.2. The molecule has 1 rings (SSSR count). The topological polar surface area (TPSA) is 79.6 Å². The second-order valence-electron chi connectivity index (χ2n) is 5.89. The molecule has 0 saturated heterocycles. The molecule has 2 N–H and O–H groups in total. The quantitative estimate of drug-likeness (QED) is 0.252. The summed E-state index contributed by atoms with van der Waals surface area (Å²) in [6, 6.07) is 6.47. The van der Waals surface area contributed by atoms with Gasteiger partial charge in [-0.3, -0.25) is 10.1 Å². The molecule has 0 aliphatic carbocycles. The predicted molar refractivity (Wildman–Crippen MR) is 101 cm³/mol. The van der Waals surface area contributed by atoms with Crippen LogP contribution in [0.4, 0.5) is 5.69 Å². The Kier molecular flexibility index (Phi) is 9.00. The summed E-state index contributed by atoms with van der Waals surface area (Å²) in [6.07, 6.45) is 1.02. The van der Waals surface area contributed by atoms with E-state index >= 15 is 0 Å². The van der Waals surface area contributed by atoms with Gasteiger partial charge in [0.25, 0.3) is 5.69 Å². The summed E-state index contributed by atoms with van der Waals surface area (Å²) in [5.41, 5.74) is 0.960. The van der Waals surface area contributed by atoms with E-state index < -0.39 is 4.92 Å². The Morgan fingerprint density at radius 2 is 1.86 bits per heavy atom. The van der Waals surface area contributed by atoms with Crippen LogP contribution >= 0.6 is 24.0 Å². The maximum Gasteiger partial charge on any atom is 0.269 e. The van der Waals surface area contributed by atoms with Crippen molar-refractivity contribution in [2.75, 3.05) is 6.54 Å². The number of non-ortho nitro benzene ring substituents is 1. The van der Waals surface area contributed by atoms with E-state index in [1.807, 2.05) is 0 Å². The predicted octanol–water partition coefficient (Wildman–Crippen LogP) is 3.46. The van der Waals surface area contributed by atoms with Crippen molar-refractivity contribution >= 4 is 35.6 Å². The van der Waals surface area contributed by atoms with Gasteiger partial charge in [-0.1, -0.05) is 19.1 Å². The Morgan fingerprint density at radius 3 is 2.32 bits per heavy atom. The SMILES string of the molecule is CCCNC(=NCc1ccc([N+](=O)[O-])cc1)NC(C)(C)C.I. The number of hydrogen-bond donors (Lipinski definition) is 2. The minimum absolute atomic E-state index is 0. The summed E-state index contributed by atoms with van der Waals surface area (Å²) in [6.45, 7) is 9.64. The molecular weight excluding hydrogens is 395 g/mol. The van der Waals surface area contributed by atoms with Gasteiger partial charge in [0, 0.05) is 24.2 Å². The average molecular weight is 420 g/mol. The number of rotatable bonds is 5. The first-order chi connectivity index (χ1) is 9.81. The summed E-state index contributed by atoms with van der Waals surface area (Å²) >= 11 is 0. The molecule has 0 aliphatic heterocycles. The van der Waals surface area contributed by atoms with E-state index in [-0.39, 0.29) is 35.2 Å². The number of hydrogen-bond acceptors (Lipinski definition) is 3. The van der Waals surface area contributed by atoms with Gasteiger partial charge in [0.05, 0.1) is 11.5 Å². The van der Waals surface area contributed by atoms with Crippen LogP contribution in [-0.4, -0.2) is 23.0 Å². The summed E-state index contributed by atoms with van der Waals surface area (Å²) in [7, 11) is 0. The first-order valence-corrected chi connectivity index (χ1v) is 7.11. The zero-order chi connectivity index (χ0) is 15.9. The Bertz CT molecular complexity index is 495. The lowest BCUT2D eigenvalue weighted by Crippen LogP contribution is -2.47. The van der Waals surface area contributed by atoms with Crippen molar-refractivity contribution in [2.45, 2.75) is 46.2 Å². The molecule has 1 aromatic carbocycles. The maximum atomic E-state index is 10.6. The largest absolute Gasteiger partial charge is 0.356 e. The molecule has 0 aromatic heterocycles. The molecule has 0 unspecified atom stereocenters. The molecule has 1 aromatic rings. The van der Waals surface area contributed by atoms with E-state index in [4.69, 9.17) is 0 Å². The molecule has 0 radical (unpaired) electrons. The molecule has 0 aliphatic rings. The number of aliphatic imine (C=N–C) groups is 1. The monoisotopic (exact) mass is 420 g/mol. The molecule has 0 bridgehead atoms. The van der Waals surface area contributed by atoms with Gasteiger partial charge in [0.2, 0.25) is 0 Å². The van der Waals surface area contributed by atoms with E-state index in [1.54, 1.807) is 12.1 Å². The highest BCUT2D eigenvalue weighted by molar-refractivity contribution is 14.0. The number of guanidine groups is 1. The second-order valence-corrected chi connectivity index (χ2v) is 5.89. The lowest BCUT2D eigenvalue weighted by Gasteiger charge is -2.24. The van der Waals surface area contributed by atoms with Gasteiger partial charge in [0.1, 0.15) is 0 Å². The van der Waals surface area contributed by atoms with Gasteiger partial charge in [-0.05, 0) is 32.8 Å². The van der Waals surface area contributed by atoms with E-state index in [0.717, 1.165) is 24.5 Å². The van der Waals surface area contributed by atoms with Crippen LogP contribution in [0.2, 0.25) is 0 Å². The number of nitrogens with zero attached hydrogens (tertiary/aromatic N) is 2. The van der Waals surface area contributed by atoms with Gasteiger partial charge in [-0.2, -0.15) is 0 Å². The van der Waals surface area contributed by atoms with Crippen LogP contribution < -0.4 is 10.6 Å². The molecule has 22 heavy (non-hydrogen) atoms. The molecule has 0 spiro atoms. The molecule has 0 amide bonds. The fraction of sp³-hybridized carbons (Fsp3) is 0.533. The zero-order valence-corrected chi connectivity index (χ0v) is 15.9. The third kappa shape index (κ3) is 8.16. The lowest BCUT2D eigenvalue weighted by molar-refractivity contribution is -0.384. The van der Waals surface area contributed by atoms with Crippen molar-refractivity contribution in [1.82, 2.24) is 10.6 Å². The Morgan fingerprint density at radius 1 is 1.27 bits per heavy atom. The highest BCUT2D eigenvalue weighted by atomic mass is 127. The van der Waals surface area contributed by atoms with Gasteiger partial charge < -0.3 is 10.6 Å². The standard InChI is InChI=1S/C15H24N4O2.HI/c1-5-10-16-14(18-15(2,3)4)17-11-12-6-8-13(9-7-12)19(20)21;/h6-9H,5,10-11H2,1-4H3,(H2,16,17,18);1H. The first-order valence-electron chi connectivity index (χ1n) is 7.11. The van der Waals surface area contributed by atoms with Gasteiger partial charge in [-0.25, -0.2) is 4.99 Å². The smallest absolute Gasteiger partial charge is 0.269 e. The summed E-state index contributed by atoms with van der Waals surface area (Å²) in [4.78, 5) is 14.7. The third-order valence-corrected chi connectivity index (χ3v) is 2.60. The second kappa shape index (κ2) is 9.60. The molecular formula is C15H25IN4O2. The molecule has 6 nitrogen and oxygen atoms in total. The van der Waals surface area contributed by atoms with Crippen molar-refractivity contribution in [3.05, 3.63) is 39.9 Å². The van der Waals surface area contributed by atoms with Gasteiger partial charge >= 0.3 is 0 Å². The normalized spacial score (nSPS) is 11.5. The minimum Gasteiger partial charge on any atom is -0.356 e. The van der Waals surface area contributed by atoms with E-state index in [2.05, 4.69) is 43.3 Å². The van der Waals surface area contributed by atoms with Crippen LogP contribution in [0.25, 0.3) is 0 Å². The fourth-order valence-corrected chi connectivity index (χ4v) is 1.63. The van der Waals surface area contributed by atoms with Crippen molar-refractivity contribution in [3.8, 4) is 0 Å². The first kappa shape index (κ1) is 20.6. The molecule has 0 fully saturated rings. The van der Waals surface area contributed by atoms with Crippen molar-refractivity contribution in [1.29, 1.82) is 0 Å². The molecule has 7 heteroatoms. The van der Waals surface area contributed by atoms with Crippen molar-refractivity contribution < 1.29 is 4.92 Å². The van der Waals surface area contributed by atoms with E-state index in [9.17, 15) is 10.1 Å². The average Bonchev–Trinajstić information content (AvgIpc) is 2.41. The van der Waals surface area contributed by atoms with Crippen LogP contribution in [-0.2, 0) is 6.54 Å². The van der Waals surface area contributed by atoms with Crippen molar-refractivity contribution in [3.63, 3.8) is 0 Å². The van der Waals surface area contributed by atoms with Crippen LogP contribution in [0.3, 0.4) is 0 Å². The van der Waals surface area contributed by atoms with Crippen LogP contribution in [0, 0.1) is 10.1 Å². The lowest BCUT2D eigenvalue weighted by atomic mass is 10.1. The number of benzene rings is 1. The zero-order valence-electron chi connectivity index (χ0n) is 13.5. The molecule has 0 atom stereocenters.